The highest BCUT2D eigenvalue weighted by Gasteiger charge is 2.43. The van der Waals surface area contributed by atoms with Crippen LogP contribution in [0.5, 0.6) is 11.5 Å². The maximum atomic E-state index is 12.7. The normalized spacial score (nSPS) is 17.3. The van der Waals surface area contributed by atoms with Gasteiger partial charge in [0.25, 0.3) is 0 Å². The van der Waals surface area contributed by atoms with E-state index in [9.17, 15) is 9.59 Å². The zero-order valence-corrected chi connectivity index (χ0v) is 18.8. The van der Waals surface area contributed by atoms with Gasteiger partial charge in [-0.2, -0.15) is 0 Å². The molecule has 1 amide bonds. The Morgan fingerprint density at radius 2 is 1.87 bits per heavy atom. The summed E-state index contributed by atoms with van der Waals surface area (Å²) in [7, 11) is 0. The van der Waals surface area contributed by atoms with E-state index in [0.717, 1.165) is 11.3 Å². The molecule has 0 atom stereocenters. The highest BCUT2D eigenvalue weighted by molar-refractivity contribution is 6.31. The molecule has 5 nitrogen and oxygen atoms in total. The second-order valence-corrected chi connectivity index (χ2v) is 9.04. The van der Waals surface area contributed by atoms with E-state index in [-0.39, 0.29) is 11.7 Å². The fraction of sp³-hybridized carbons (Fsp3) is 0.440. The summed E-state index contributed by atoms with van der Waals surface area (Å²) in [5.41, 5.74) is 2.13. The van der Waals surface area contributed by atoms with Gasteiger partial charge in [0.15, 0.2) is 5.78 Å². The summed E-state index contributed by atoms with van der Waals surface area (Å²) < 4.78 is 12.0. The van der Waals surface area contributed by atoms with E-state index in [2.05, 4.69) is 0 Å². The van der Waals surface area contributed by atoms with Crippen LogP contribution in [0.2, 0.25) is 5.02 Å². The first-order chi connectivity index (χ1) is 14.8. The smallest absolute Gasteiger partial charge is 0.222 e. The summed E-state index contributed by atoms with van der Waals surface area (Å²) in [5.74, 6) is 1.64. The highest BCUT2D eigenvalue weighted by atomic mass is 35.5. The molecule has 164 valence electrons. The van der Waals surface area contributed by atoms with E-state index in [1.165, 1.54) is 5.56 Å². The molecule has 2 aliphatic rings. The average molecular weight is 442 g/mol. The summed E-state index contributed by atoms with van der Waals surface area (Å²) in [6, 6.07) is 11.5. The Bertz CT molecular complexity index is 978. The summed E-state index contributed by atoms with van der Waals surface area (Å²) in [4.78, 5) is 27.2. The minimum atomic E-state index is -0.518. The van der Waals surface area contributed by atoms with Gasteiger partial charge < -0.3 is 14.4 Å². The summed E-state index contributed by atoms with van der Waals surface area (Å²) in [5, 5.41) is 0.582. The number of Topliss-reactive ketones (excluding diaryl/α,β-unsaturated/α-hetero) is 1. The molecule has 2 aromatic rings. The van der Waals surface area contributed by atoms with Crippen molar-refractivity contribution in [1.29, 1.82) is 0 Å². The fourth-order valence-electron chi connectivity index (χ4n) is 4.26. The number of likely N-dealkylation sites (tertiary alicyclic amines) is 1. The van der Waals surface area contributed by atoms with Gasteiger partial charge in [0.2, 0.25) is 5.91 Å². The SMILES string of the molecule is Cc1ccc(OCCCC(=O)N2CCC3(CC2)CC(=O)c2cc(Cl)c(C)cc2O3)cc1. The minimum Gasteiger partial charge on any atom is -0.494 e. The van der Waals surface area contributed by atoms with Gasteiger partial charge in [-0.15, -0.1) is 0 Å². The Labute approximate surface area is 188 Å². The average Bonchev–Trinajstić information content (AvgIpc) is 2.74. The number of carbonyl (C=O) groups excluding carboxylic acids is 2. The molecule has 0 unspecified atom stereocenters. The lowest BCUT2D eigenvalue weighted by molar-refractivity contribution is -0.135. The molecule has 4 rings (SSSR count). The number of hydrogen-bond acceptors (Lipinski definition) is 4. The molecule has 6 heteroatoms. The first kappa shape index (κ1) is 21.7. The van der Waals surface area contributed by atoms with Gasteiger partial charge in [-0.1, -0.05) is 29.3 Å². The van der Waals surface area contributed by atoms with Gasteiger partial charge in [0.05, 0.1) is 18.6 Å². The molecule has 31 heavy (non-hydrogen) atoms. The minimum absolute atomic E-state index is 0.0659. The molecule has 0 N–H and O–H groups in total. The monoisotopic (exact) mass is 441 g/mol. The lowest BCUT2D eigenvalue weighted by Crippen LogP contribution is -2.52. The van der Waals surface area contributed by atoms with Crippen molar-refractivity contribution in [2.75, 3.05) is 19.7 Å². The van der Waals surface area contributed by atoms with Crippen molar-refractivity contribution >= 4 is 23.3 Å². The van der Waals surface area contributed by atoms with Gasteiger partial charge in [-0.25, -0.2) is 0 Å². The van der Waals surface area contributed by atoms with Gasteiger partial charge in [0.1, 0.15) is 17.1 Å². The number of nitrogens with zero attached hydrogens (tertiary/aromatic N) is 1. The first-order valence-electron chi connectivity index (χ1n) is 10.8. The number of halogens is 1. The standard InChI is InChI=1S/C25H28ClNO4/c1-17-5-7-19(8-6-17)30-13-3-4-24(29)27-11-9-25(10-12-27)16-22(28)20-15-21(26)18(2)14-23(20)31-25/h5-8,14-15H,3-4,9-13,16H2,1-2H3. The summed E-state index contributed by atoms with van der Waals surface area (Å²) >= 11 is 6.17. The van der Waals surface area contributed by atoms with Crippen LogP contribution in [0.4, 0.5) is 0 Å². The predicted molar refractivity (Wildman–Crippen MR) is 120 cm³/mol. The van der Waals surface area contributed by atoms with E-state index in [1.807, 2.05) is 49.1 Å². The summed E-state index contributed by atoms with van der Waals surface area (Å²) in [6.07, 6.45) is 2.79. The van der Waals surface area contributed by atoms with Crippen molar-refractivity contribution in [2.24, 2.45) is 0 Å². The molecule has 2 aromatic carbocycles. The molecule has 1 saturated heterocycles. The topological polar surface area (TPSA) is 55.8 Å². The fourth-order valence-corrected chi connectivity index (χ4v) is 4.43. The number of carbonyl (C=O) groups is 2. The number of ether oxygens (including phenoxy) is 2. The number of rotatable bonds is 5. The second-order valence-electron chi connectivity index (χ2n) is 8.63. The van der Waals surface area contributed by atoms with E-state index in [4.69, 9.17) is 21.1 Å². The van der Waals surface area contributed by atoms with E-state index in [1.54, 1.807) is 6.07 Å². The van der Waals surface area contributed by atoms with Gasteiger partial charge >= 0.3 is 0 Å². The third-order valence-electron chi connectivity index (χ3n) is 6.22. The highest BCUT2D eigenvalue weighted by Crippen LogP contribution is 2.41. The van der Waals surface area contributed by atoms with Gasteiger partial charge in [-0.3, -0.25) is 9.59 Å². The lowest BCUT2D eigenvalue weighted by atomic mass is 9.82. The molecular weight excluding hydrogens is 414 g/mol. The van der Waals surface area contributed by atoms with Crippen LogP contribution < -0.4 is 9.47 Å². The number of fused-ring (bicyclic) bond motifs is 1. The number of piperidine rings is 1. The molecule has 1 spiro atoms. The van der Waals surface area contributed by atoms with Crippen LogP contribution in [-0.4, -0.2) is 41.9 Å². The number of aryl methyl sites for hydroxylation is 2. The third-order valence-corrected chi connectivity index (χ3v) is 6.63. The van der Waals surface area contributed by atoms with E-state index in [0.29, 0.717) is 68.1 Å². The first-order valence-corrected chi connectivity index (χ1v) is 11.2. The second kappa shape index (κ2) is 8.91. The van der Waals surface area contributed by atoms with Crippen LogP contribution >= 0.6 is 11.6 Å². The van der Waals surface area contributed by atoms with Crippen LogP contribution in [0.15, 0.2) is 36.4 Å². The molecule has 0 saturated carbocycles. The van der Waals surface area contributed by atoms with Crippen molar-refractivity contribution < 1.29 is 19.1 Å². The Morgan fingerprint density at radius 3 is 2.58 bits per heavy atom. The Kier molecular flexibility index (Phi) is 6.24. The molecule has 0 aromatic heterocycles. The van der Waals surface area contributed by atoms with Crippen molar-refractivity contribution in [1.82, 2.24) is 4.90 Å². The maximum Gasteiger partial charge on any atom is 0.222 e. The van der Waals surface area contributed by atoms with Crippen molar-refractivity contribution in [3.8, 4) is 11.5 Å². The molecule has 2 heterocycles. The Hall–Kier alpha value is -2.53. The predicted octanol–water partition coefficient (Wildman–Crippen LogP) is 5.14. The molecular formula is C25H28ClNO4. The van der Waals surface area contributed by atoms with Gasteiger partial charge in [-0.05, 0) is 50.1 Å². The largest absolute Gasteiger partial charge is 0.494 e. The zero-order valence-electron chi connectivity index (χ0n) is 18.1. The van der Waals surface area contributed by atoms with E-state index >= 15 is 0 Å². The van der Waals surface area contributed by atoms with Crippen LogP contribution in [0.3, 0.4) is 0 Å². The molecule has 0 bridgehead atoms. The van der Waals surface area contributed by atoms with Crippen LogP contribution in [0, 0.1) is 13.8 Å². The molecule has 0 aliphatic carbocycles. The third kappa shape index (κ3) is 4.87. The quantitative estimate of drug-likeness (QED) is 0.602. The number of amides is 1. The molecule has 0 radical (unpaired) electrons. The molecule has 1 fully saturated rings. The van der Waals surface area contributed by atoms with Crippen molar-refractivity contribution in [2.45, 2.75) is 51.6 Å². The van der Waals surface area contributed by atoms with Crippen LogP contribution in [-0.2, 0) is 4.79 Å². The van der Waals surface area contributed by atoms with Crippen LogP contribution in [0.25, 0.3) is 0 Å². The zero-order chi connectivity index (χ0) is 22.0. The van der Waals surface area contributed by atoms with Crippen LogP contribution in [0.1, 0.15) is 53.6 Å². The maximum absolute atomic E-state index is 12.7. The number of hydrogen-bond donors (Lipinski definition) is 0. The van der Waals surface area contributed by atoms with E-state index < -0.39 is 5.60 Å². The van der Waals surface area contributed by atoms with Crippen molar-refractivity contribution in [3.63, 3.8) is 0 Å². The summed E-state index contributed by atoms with van der Waals surface area (Å²) in [6.45, 7) is 5.67. The number of ketones is 1. The Balaban J connectivity index is 1.27. The van der Waals surface area contributed by atoms with Gasteiger partial charge in [0, 0.05) is 37.4 Å². The Morgan fingerprint density at radius 1 is 1.16 bits per heavy atom. The lowest BCUT2D eigenvalue weighted by Gasteiger charge is -2.44. The number of benzene rings is 2. The molecule has 2 aliphatic heterocycles. The van der Waals surface area contributed by atoms with Crippen molar-refractivity contribution in [3.05, 3.63) is 58.1 Å².